The predicted octanol–water partition coefficient (Wildman–Crippen LogP) is 2.83. The average Bonchev–Trinajstić information content (AvgIpc) is 2.88. The first kappa shape index (κ1) is 22.1. The lowest BCUT2D eigenvalue weighted by Gasteiger charge is -2.25. The van der Waals surface area contributed by atoms with Crippen LogP contribution in [-0.2, 0) is 11.3 Å². The first-order valence-electron chi connectivity index (χ1n) is 8.63. The monoisotopic (exact) mass is 479 g/mol. The Morgan fingerprint density at radius 2 is 1.96 bits per heavy atom. The van der Waals surface area contributed by atoms with E-state index in [1.54, 1.807) is 30.3 Å². The van der Waals surface area contributed by atoms with Crippen molar-refractivity contribution in [2.24, 2.45) is 4.99 Å². The van der Waals surface area contributed by atoms with E-state index in [2.05, 4.69) is 20.6 Å². The number of nitrogens with one attached hydrogen (secondary N) is 2. The second-order valence-corrected chi connectivity index (χ2v) is 7.82. The van der Waals surface area contributed by atoms with Crippen molar-refractivity contribution in [1.29, 1.82) is 0 Å². The van der Waals surface area contributed by atoms with Crippen LogP contribution in [0.1, 0.15) is 47.7 Å². The molecule has 8 heteroatoms. The Bertz CT molecular complexity index is 582. The molecule has 1 aromatic rings. The second-order valence-electron chi connectivity index (χ2n) is 6.53. The van der Waals surface area contributed by atoms with Gasteiger partial charge < -0.3 is 15.5 Å². The van der Waals surface area contributed by atoms with Gasteiger partial charge in [0.05, 0.1) is 17.2 Å². The summed E-state index contributed by atoms with van der Waals surface area (Å²) in [5.41, 5.74) is 1.06. The first-order valence-corrected chi connectivity index (χ1v) is 9.45. The molecule has 1 fully saturated rings. The maximum atomic E-state index is 11.8. The number of aryl methyl sites for hydroxylation is 2. The van der Waals surface area contributed by atoms with Crippen LogP contribution >= 0.6 is 35.3 Å². The molecule has 0 spiro atoms. The van der Waals surface area contributed by atoms with Gasteiger partial charge in [-0.2, -0.15) is 0 Å². The Morgan fingerprint density at radius 1 is 1.28 bits per heavy atom. The minimum atomic E-state index is 0. The third-order valence-electron chi connectivity index (χ3n) is 4.23. The fraction of sp³-hybridized carbons (Fsp3) is 0.706. The maximum Gasteiger partial charge on any atom is 0.243 e. The molecule has 2 N–H and O–H groups in total. The molecule has 0 aliphatic heterocycles. The van der Waals surface area contributed by atoms with Gasteiger partial charge in [-0.3, -0.25) is 4.79 Å². The van der Waals surface area contributed by atoms with E-state index in [4.69, 9.17) is 0 Å². The highest BCUT2D eigenvalue weighted by molar-refractivity contribution is 14.0. The number of hydrogen-bond acceptors (Lipinski definition) is 4. The number of rotatable bonds is 5. The molecule has 25 heavy (non-hydrogen) atoms. The van der Waals surface area contributed by atoms with Gasteiger partial charge in [-0.15, -0.1) is 35.3 Å². The lowest BCUT2D eigenvalue weighted by atomic mass is 9.96. The number of carbonyl (C=O) groups excluding carboxylic acids is 1. The fourth-order valence-electron chi connectivity index (χ4n) is 2.78. The Balaban J connectivity index is 0.00000312. The van der Waals surface area contributed by atoms with Crippen molar-refractivity contribution in [3.63, 3.8) is 0 Å². The number of aliphatic imine (C=N–C) groups is 1. The average molecular weight is 479 g/mol. The number of aromatic nitrogens is 1. The molecule has 1 aliphatic carbocycles. The van der Waals surface area contributed by atoms with Crippen LogP contribution in [0.15, 0.2) is 4.99 Å². The van der Waals surface area contributed by atoms with Gasteiger partial charge in [-0.25, -0.2) is 9.98 Å². The molecule has 0 saturated heterocycles. The van der Waals surface area contributed by atoms with Crippen molar-refractivity contribution in [2.75, 3.05) is 20.6 Å². The molecule has 1 saturated carbocycles. The molecule has 142 valence electrons. The molecular weight excluding hydrogens is 449 g/mol. The summed E-state index contributed by atoms with van der Waals surface area (Å²) in [5, 5.41) is 7.94. The second kappa shape index (κ2) is 10.9. The van der Waals surface area contributed by atoms with Gasteiger partial charge in [-0.05, 0) is 26.7 Å². The zero-order chi connectivity index (χ0) is 17.5. The van der Waals surface area contributed by atoms with E-state index in [-0.39, 0.29) is 36.4 Å². The van der Waals surface area contributed by atoms with Crippen molar-refractivity contribution in [3.8, 4) is 0 Å². The van der Waals surface area contributed by atoms with Crippen molar-refractivity contribution >= 4 is 47.2 Å². The van der Waals surface area contributed by atoms with Crippen molar-refractivity contribution in [3.05, 3.63) is 15.6 Å². The lowest BCUT2D eigenvalue weighted by molar-refractivity contribution is -0.127. The number of thiazole rings is 1. The lowest BCUT2D eigenvalue weighted by Crippen LogP contribution is -2.44. The van der Waals surface area contributed by atoms with E-state index in [9.17, 15) is 4.79 Å². The van der Waals surface area contributed by atoms with Crippen LogP contribution in [-0.4, -0.2) is 48.4 Å². The third kappa shape index (κ3) is 7.47. The van der Waals surface area contributed by atoms with Gasteiger partial charge in [-0.1, -0.05) is 19.3 Å². The number of nitrogens with zero attached hydrogens (tertiary/aromatic N) is 3. The first-order chi connectivity index (χ1) is 11.5. The van der Waals surface area contributed by atoms with E-state index in [1.165, 1.54) is 37.0 Å². The zero-order valence-corrected chi connectivity index (χ0v) is 18.7. The van der Waals surface area contributed by atoms with E-state index in [0.717, 1.165) is 16.7 Å². The minimum absolute atomic E-state index is 0. The van der Waals surface area contributed by atoms with Crippen molar-refractivity contribution in [2.45, 2.75) is 58.5 Å². The summed E-state index contributed by atoms with van der Waals surface area (Å²) in [6.45, 7) is 4.90. The molecule has 2 rings (SSSR count). The largest absolute Gasteiger partial charge is 0.354 e. The molecule has 0 unspecified atom stereocenters. The molecule has 6 nitrogen and oxygen atoms in total. The molecule has 0 bridgehead atoms. The highest BCUT2D eigenvalue weighted by Gasteiger charge is 2.15. The van der Waals surface area contributed by atoms with Gasteiger partial charge in [0.1, 0.15) is 6.54 Å². The number of guanidine groups is 1. The third-order valence-corrected chi connectivity index (χ3v) is 5.31. The van der Waals surface area contributed by atoms with E-state index in [1.807, 2.05) is 13.8 Å². The van der Waals surface area contributed by atoms with Gasteiger partial charge in [0, 0.05) is 25.0 Å². The smallest absolute Gasteiger partial charge is 0.243 e. The normalized spacial score (nSPS) is 15.4. The van der Waals surface area contributed by atoms with Crippen LogP contribution in [0, 0.1) is 13.8 Å². The summed E-state index contributed by atoms with van der Waals surface area (Å²) in [5.74, 6) is 0.729. The molecule has 0 radical (unpaired) electrons. The van der Waals surface area contributed by atoms with Crippen LogP contribution in [0.5, 0.6) is 0 Å². The van der Waals surface area contributed by atoms with Gasteiger partial charge >= 0.3 is 0 Å². The summed E-state index contributed by atoms with van der Waals surface area (Å²) in [6, 6.07) is 0.448. The summed E-state index contributed by atoms with van der Waals surface area (Å²) in [6.07, 6.45) is 6.17. The number of likely N-dealkylation sites (N-methyl/N-ethyl adjacent to an activating group) is 1. The molecule has 1 amide bonds. The highest BCUT2D eigenvalue weighted by Crippen LogP contribution is 2.18. The number of halogens is 1. The topological polar surface area (TPSA) is 69.6 Å². The SMILES string of the molecule is Cc1nc(C)c(CNC(=NCC(=O)N(C)C)NC2CCCCC2)s1.I. The molecule has 1 heterocycles. The fourth-order valence-corrected chi connectivity index (χ4v) is 3.66. The van der Waals surface area contributed by atoms with Crippen LogP contribution in [0.25, 0.3) is 0 Å². The van der Waals surface area contributed by atoms with Crippen LogP contribution < -0.4 is 10.6 Å². The summed E-state index contributed by atoms with van der Waals surface area (Å²) in [4.78, 5) is 23.5. The maximum absolute atomic E-state index is 11.8. The van der Waals surface area contributed by atoms with E-state index >= 15 is 0 Å². The van der Waals surface area contributed by atoms with Crippen LogP contribution in [0.3, 0.4) is 0 Å². The van der Waals surface area contributed by atoms with Gasteiger partial charge in [0.15, 0.2) is 5.96 Å². The molecule has 1 aliphatic rings. The van der Waals surface area contributed by atoms with E-state index in [0.29, 0.717) is 12.6 Å². The van der Waals surface area contributed by atoms with Crippen LogP contribution in [0.2, 0.25) is 0 Å². The highest BCUT2D eigenvalue weighted by atomic mass is 127. The Kier molecular flexibility index (Phi) is 9.70. The summed E-state index contributed by atoms with van der Waals surface area (Å²) >= 11 is 1.70. The Hall–Kier alpha value is -0.900. The molecular formula is C17H30IN5OS. The predicted molar refractivity (Wildman–Crippen MR) is 115 cm³/mol. The molecule has 1 aromatic heterocycles. The summed E-state index contributed by atoms with van der Waals surface area (Å²) < 4.78 is 0. The van der Waals surface area contributed by atoms with Crippen molar-refractivity contribution in [1.82, 2.24) is 20.5 Å². The number of carbonyl (C=O) groups is 1. The van der Waals surface area contributed by atoms with Crippen molar-refractivity contribution < 1.29 is 4.79 Å². The molecule has 0 aromatic carbocycles. The van der Waals surface area contributed by atoms with E-state index < -0.39 is 0 Å². The van der Waals surface area contributed by atoms with Gasteiger partial charge in [0.2, 0.25) is 5.91 Å². The van der Waals surface area contributed by atoms with Crippen LogP contribution in [0.4, 0.5) is 0 Å². The summed E-state index contributed by atoms with van der Waals surface area (Å²) in [7, 11) is 3.51. The minimum Gasteiger partial charge on any atom is -0.354 e. The van der Waals surface area contributed by atoms with Gasteiger partial charge in [0.25, 0.3) is 0 Å². The quantitative estimate of drug-likeness (QED) is 0.387. The Labute approximate surface area is 171 Å². The number of hydrogen-bond donors (Lipinski definition) is 2. The molecule has 0 atom stereocenters. The zero-order valence-electron chi connectivity index (χ0n) is 15.6. The number of amides is 1. The Morgan fingerprint density at radius 3 is 2.52 bits per heavy atom. The standard InChI is InChI=1S/C17H29N5OS.HI/c1-12-15(24-13(2)20-12)10-18-17(19-11-16(23)22(3)4)21-14-8-6-5-7-9-14;/h14H,5-11H2,1-4H3,(H2,18,19,21);1H.